The van der Waals surface area contributed by atoms with Crippen molar-refractivity contribution >= 4 is 17.8 Å². The van der Waals surface area contributed by atoms with Gasteiger partial charge in [0, 0.05) is 23.3 Å². The zero-order valence-corrected chi connectivity index (χ0v) is 18.6. The lowest BCUT2D eigenvalue weighted by molar-refractivity contribution is 0.0519. The van der Waals surface area contributed by atoms with Gasteiger partial charge in [-0.1, -0.05) is 19.3 Å². The Bertz CT molecular complexity index is 747. The summed E-state index contributed by atoms with van der Waals surface area (Å²) in [5.41, 5.74) is 1.92. The van der Waals surface area contributed by atoms with E-state index >= 15 is 0 Å². The number of nitrogens with one attached hydrogen (secondary N) is 2. The summed E-state index contributed by atoms with van der Waals surface area (Å²) in [7, 11) is 0. The Hall–Kier alpha value is -2.31. The average molecular weight is 406 g/mol. The second kappa shape index (κ2) is 9.94. The van der Waals surface area contributed by atoms with Gasteiger partial charge in [0.15, 0.2) is 5.78 Å². The van der Waals surface area contributed by atoms with Gasteiger partial charge in [0.2, 0.25) is 0 Å². The number of ketones is 1. The lowest BCUT2D eigenvalue weighted by Crippen LogP contribution is -2.54. The lowest BCUT2D eigenvalue weighted by Gasteiger charge is -2.34. The number of hydrogen-bond donors (Lipinski definition) is 2. The van der Waals surface area contributed by atoms with Crippen LogP contribution in [0.2, 0.25) is 0 Å². The van der Waals surface area contributed by atoms with Crippen LogP contribution in [-0.2, 0) is 4.74 Å². The first-order chi connectivity index (χ1) is 13.7. The molecule has 1 aliphatic carbocycles. The first-order valence-electron chi connectivity index (χ1n) is 10.7. The van der Waals surface area contributed by atoms with Crippen LogP contribution >= 0.6 is 0 Å². The number of amides is 2. The number of aromatic nitrogens is 1. The molecule has 0 spiro atoms. The van der Waals surface area contributed by atoms with Crippen molar-refractivity contribution in [2.24, 2.45) is 0 Å². The Balaban J connectivity index is 2.23. The summed E-state index contributed by atoms with van der Waals surface area (Å²) in [6, 6.07) is -0.821. The van der Waals surface area contributed by atoms with Gasteiger partial charge in [0.1, 0.15) is 5.69 Å². The van der Waals surface area contributed by atoms with Crippen molar-refractivity contribution in [3.8, 4) is 0 Å². The second-order valence-corrected chi connectivity index (χ2v) is 8.17. The van der Waals surface area contributed by atoms with Gasteiger partial charge in [-0.15, -0.1) is 0 Å². The monoisotopic (exact) mass is 405 g/mol. The molecular formula is C22H35N3O4. The molecule has 2 amide bonds. The van der Waals surface area contributed by atoms with E-state index in [4.69, 9.17) is 4.74 Å². The SMILES string of the molecule is CCOC(=O)c1[nH]c(C)c(C(=O)C(C)N(C(=O)NC2CCCCC2)C(C)C)c1C. The van der Waals surface area contributed by atoms with Gasteiger partial charge in [-0.3, -0.25) is 4.79 Å². The van der Waals surface area contributed by atoms with Crippen molar-refractivity contribution in [3.63, 3.8) is 0 Å². The highest BCUT2D eigenvalue weighted by Crippen LogP contribution is 2.23. The standard InChI is InChI=1S/C22H35N3O4/c1-7-29-21(27)19-14(4)18(15(5)23-19)20(26)16(6)25(13(2)3)22(28)24-17-11-9-8-10-12-17/h13,16-17,23H,7-12H2,1-6H3,(H,24,28). The molecule has 1 heterocycles. The number of aryl methyl sites for hydroxylation is 1. The third kappa shape index (κ3) is 5.19. The molecule has 1 fully saturated rings. The number of Topliss-reactive ketones (excluding diaryl/α,β-unsaturated/α-hetero) is 1. The van der Waals surface area contributed by atoms with E-state index in [-0.39, 0.29) is 30.5 Å². The van der Waals surface area contributed by atoms with E-state index < -0.39 is 12.0 Å². The molecule has 7 nitrogen and oxygen atoms in total. The molecule has 7 heteroatoms. The summed E-state index contributed by atoms with van der Waals surface area (Å²) in [5.74, 6) is -0.658. The molecular weight excluding hydrogens is 370 g/mol. The Labute approximate surface area is 173 Å². The first-order valence-corrected chi connectivity index (χ1v) is 10.7. The molecule has 1 aromatic rings. The molecule has 29 heavy (non-hydrogen) atoms. The van der Waals surface area contributed by atoms with E-state index in [2.05, 4.69) is 10.3 Å². The number of H-pyrrole nitrogens is 1. The predicted octanol–water partition coefficient (Wildman–Crippen LogP) is 4.13. The predicted molar refractivity (Wildman–Crippen MR) is 112 cm³/mol. The van der Waals surface area contributed by atoms with Crippen molar-refractivity contribution in [2.45, 2.75) is 91.8 Å². The van der Waals surface area contributed by atoms with E-state index in [0.29, 0.717) is 22.5 Å². The number of carbonyl (C=O) groups is 3. The third-order valence-electron chi connectivity index (χ3n) is 5.68. The highest BCUT2D eigenvalue weighted by Gasteiger charge is 2.33. The molecule has 1 atom stereocenters. The fourth-order valence-electron chi connectivity index (χ4n) is 4.22. The highest BCUT2D eigenvalue weighted by atomic mass is 16.5. The van der Waals surface area contributed by atoms with Crippen molar-refractivity contribution in [1.82, 2.24) is 15.2 Å². The minimum Gasteiger partial charge on any atom is -0.461 e. The smallest absolute Gasteiger partial charge is 0.355 e. The minimum atomic E-state index is -0.651. The summed E-state index contributed by atoms with van der Waals surface area (Å²) in [6.45, 7) is 11.1. The molecule has 0 aromatic carbocycles. The van der Waals surface area contributed by atoms with Crippen molar-refractivity contribution in [1.29, 1.82) is 0 Å². The van der Waals surface area contributed by atoms with Gasteiger partial charge >= 0.3 is 12.0 Å². The van der Waals surface area contributed by atoms with E-state index in [1.54, 1.807) is 32.6 Å². The maximum absolute atomic E-state index is 13.3. The van der Waals surface area contributed by atoms with E-state index in [0.717, 1.165) is 25.7 Å². The van der Waals surface area contributed by atoms with Crippen LogP contribution < -0.4 is 5.32 Å². The summed E-state index contributed by atoms with van der Waals surface area (Å²) in [5, 5.41) is 3.11. The van der Waals surface area contributed by atoms with Gasteiger partial charge in [0.05, 0.1) is 12.6 Å². The van der Waals surface area contributed by atoms with Crippen LogP contribution in [0.3, 0.4) is 0 Å². The molecule has 0 bridgehead atoms. The number of ether oxygens (including phenoxy) is 1. The number of rotatable bonds is 7. The molecule has 0 saturated heterocycles. The number of hydrogen-bond acceptors (Lipinski definition) is 4. The Morgan fingerprint density at radius 2 is 1.76 bits per heavy atom. The minimum absolute atomic E-state index is 0.137. The van der Waals surface area contributed by atoms with Gasteiger partial charge in [-0.05, 0) is 59.9 Å². The van der Waals surface area contributed by atoms with Crippen molar-refractivity contribution in [2.75, 3.05) is 6.61 Å². The largest absolute Gasteiger partial charge is 0.461 e. The van der Waals surface area contributed by atoms with Gasteiger partial charge < -0.3 is 19.9 Å². The Kier molecular flexibility index (Phi) is 7.88. The summed E-state index contributed by atoms with van der Waals surface area (Å²) >= 11 is 0. The molecule has 1 unspecified atom stereocenters. The lowest BCUT2D eigenvalue weighted by atomic mass is 9.95. The summed E-state index contributed by atoms with van der Waals surface area (Å²) < 4.78 is 5.07. The molecule has 0 aliphatic heterocycles. The molecule has 1 aliphatic rings. The van der Waals surface area contributed by atoms with E-state index in [9.17, 15) is 14.4 Å². The van der Waals surface area contributed by atoms with Gasteiger partial charge in [-0.2, -0.15) is 0 Å². The number of esters is 1. The molecule has 162 valence electrons. The Morgan fingerprint density at radius 3 is 2.31 bits per heavy atom. The van der Waals surface area contributed by atoms with Gasteiger partial charge in [-0.25, -0.2) is 9.59 Å². The zero-order chi connectivity index (χ0) is 21.7. The molecule has 0 radical (unpaired) electrons. The zero-order valence-electron chi connectivity index (χ0n) is 18.6. The van der Waals surface area contributed by atoms with Crippen LogP contribution in [0.15, 0.2) is 0 Å². The fraction of sp³-hybridized carbons (Fsp3) is 0.682. The number of carbonyl (C=O) groups excluding carboxylic acids is 3. The topological polar surface area (TPSA) is 91.5 Å². The summed E-state index contributed by atoms with van der Waals surface area (Å²) in [4.78, 5) is 43.1. The highest BCUT2D eigenvalue weighted by molar-refractivity contribution is 6.06. The second-order valence-electron chi connectivity index (χ2n) is 8.17. The maximum Gasteiger partial charge on any atom is 0.355 e. The number of urea groups is 1. The fourth-order valence-corrected chi connectivity index (χ4v) is 4.22. The first kappa shape index (κ1) is 23.0. The van der Waals surface area contributed by atoms with E-state index in [1.165, 1.54) is 6.42 Å². The van der Waals surface area contributed by atoms with Crippen LogP contribution in [0.1, 0.15) is 91.9 Å². The van der Waals surface area contributed by atoms with Crippen LogP contribution in [0.25, 0.3) is 0 Å². The summed E-state index contributed by atoms with van der Waals surface area (Å²) in [6.07, 6.45) is 5.43. The van der Waals surface area contributed by atoms with Crippen molar-refractivity contribution < 1.29 is 19.1 Å². The number of nitrogens with zero attached hydrogens (tertiary/aromatic N) is 1. The quantitative estimate of drug-likeness (QED) is 0.527. The number of aromatic amines is 1. The molecule has 1 saturated carbocycles. The van der Waals surface area contributed by atoms with Gasteiger partial charge in [0.25, 0.3) is 0 Å². The van der Waals surface area contributed by atoms with E-state index in [1.807, 2.05) is 13.8 Å². The molecule has 2 N–H and O–H groups in total. The average Bonchev–Trinajstić information content (AvgIpc) is 2.96. The van der Waals surface area contributed by atoms with Crippen LogP contribution in [0.5, 0.6) is 0 Å². The molecule has 1 aromatic heterocycles. The normalized spacial score (nSPS) is 15.8. The van der Waals surface area contributed by atoms with Crippen LogP contribution in [0.4, 0.5) is 4.79 Å². The molecule has 2 rings (SSSR count). The maximum atomic E-state index is 13.3. The van der Waals surface area contributed by atoms with Crippen LogP contribution in [-0.4, -0.2) is 52.4 Å². The third-order valence-corrected chi connectivity index (χ3v) is 5.68. The Morgan fingerprint density at radius 1 is 1.14 bits per heavy atom. The van der Waals surface area contributed by atoms with Crippen molar-refractivity contribution in [3.05, 3.63) is 22.5 Å². The van der Waals surface area contributed by atoms with Crippen LogP contribution in [0, 0.1) is 13.8 Å².